The maximum absolute atomic E-state index is 5.37. The summed E-state index contributed by atoms with van der Waals surface area (Å²) in [5.74, 6) is 0.448. The molecule has 0 bridgehead atoms. The van der Waals surface area contributed by atoms with E-state index in [4.69, 9.17) is 14.2 Å². The SMILES string of the molecule is COc1nc(NC2CCCOC2)nc(OC)n1. The molecule has 1 atom stereocenters. The Labute approximate surface area is 99.5 Å². The molecular weight excluding hydrogens is 224 g/mol. The highest BCUT2D eigenvalue weighted by molar-refractivity contribution is 5.29. The molecule has 1 aliphatic heterocycles. The molecule has 7 heteroatoms. The maximum atomic E-state index is 5.37. The van der Waals surface area contributed by atoms with Crippen molar-refractivity contribution < 1.29 is 14.2 Å². The highest BCUT2D eigenvalue weighted by Gasteiger charge is 2.16. The first-order valence-corrected chi connectivity index (χ1v) is 5.50. The summed E-state index contributed by atoms with van der Waals surface area (Å²) in [5, 5.41) is 3.18. The summed E-state index contributed by atoms with van der Waals surface area (Å²) in [6, 6.07) is 0.688. The molecule has 17 heavy (non-hydrogen) atoms. The first-order chi connectivity index (χ1) is 8.31. The van der Waals surface area contributed by atoms with Gasteiger partial charge < -0.3 is 19.5 Å². The molecule has 0 radical (unpaired) electrons. The predicted molar refractivity (Wildman–Crippen MR) is 60.4 cm³/mol. The van der Waals surface area contributed by atoms with Gasteiger partial charge in [0.2, 0.25) is 5.95 Å². The molecule has 94 valence electrons. The Morgan fingerprint density at radius 2 is 1.88 bits per heavy atom. The first kappa shape index (κ1) is 11.8. The van der Waals surface area contributed by atoms with Gasteiger partial charge in [0, 0.05) is 6.61 Å². The van der Waals surface area contributed by atoms with Gasteiger partial charge in [0.25, 0.3) is 0 Å². The average Bonchev–Trinajstić information content (AvgIpc) is 2.39. The Morgan fingerprint density at radius 1 is 1.18 bits per heavy atom. The maximum Gasteiger partial charge on any atom is 0.324 e. The zero-order valence-electron chi connectivity index (χ0n) is 9.97. The van der Waals surface area contributed by atoms with Crippen molar-refractivity contribution in [1.82, 2.24) is 15.0 Å². The van der Waals surface area contributed by atoms with E-state index >= 15 is 0 Å². The Hall–Kier alpha value is -1.63. The Balaban J connectivity index is 2.07. The molecule has 1 unspecified atom stereocenters. The van der Waals surface area contributed by atoms with Crippen LogP contribution in [0.1, 0.15) is 12.8 Å². The third kappa shape index (κ3) is 3.16. The van der Waals surface area contributed by atoms with Crippen LogP contribution in [0, 0.1) is 0 Å². The molecule has 2 rings (SSSR count). The van der Waals surface area contributed by atoms with Gasteiger partial charge in [-0.15, -0.1) is 4.98 Å². The number of nitrogens with zero attached hydrogens (tertiary/aromatic N) is 3. The average molecular weight is 240 g/mol. The van der Waals surface area contributed by atoms with Crippen molar-refractivity contribution in [1.29, 1.82) is 0 Å². The minimum atomic E-state index is 0.223. The number of methoxy groups -OCH3 is 2. The largest absolute Gasteiger partial charge is 0.467 e. The van der Waals surface area contributed by atoms with Gasteiger partial charge in [0.15, 0.2) is 0 Å². The van der Waals surface area contributed by atoms with Crippen molar-refractivity contribution in [3.8, 4) is 12.0 Å². The number of hydrogen-bond acceptors (Lipinski definition) is 7. The van der Waals surface area contributed by atoms with Gasteiger partial charge in [0.05, 0.1) is 26.9 Å². The summed E-state index contributed by atoms with van der Waals surface area (Å²) in [4.78, 5) is 12.1. The van der Waals surface area contributed by atoms with E-state index in [1.54, 1.807) is 0 Å². The lowest BCUT2D eigenvalue weighted by atomic mass is 10.1. The van der Waals surface area contributed by atoms with Crippen molar-refractivity contribution in [3.05, 3.63) is 0 Å². The molecule has 7 nitrogen and oxygen atoms in total. The smallest absolute Gasteiger partial charge is 0.324 e. The van der Waals surface area contributed by atoms with E-state index in [0.717, 1.165) is 19.4 Å². The fraction of sp³-hybridized carbons (Fsp3) is 0.700. The highest BCUT2D eigenvalue weighted by atomic mass is 16.5. The summed E-state index contributed by atoms with van der Waals surface area (Å²) >= 11 is 0. The van der Waals surface area contributed by atoms with Crippen molar-refractivity contribution in [2.45, 2.75) is 18.9 Å². The molecule has 0 aromatic carbocycles. The van der Waals surface area contributed by atoms with Gasteiger partial charge in [-0.2, -0.15) is 9.97 Å². The molecule has 0 aliphatic carbocycles. The van der Waals surface area contributed by atoms with Crippen LogP contribution in [0.5, 0.6) is 12.0 Å². The van der Waals surface area contributed by atoms with Crippen LogP contribution in [-0.2, 0) is 4.74 Å². The Morgan fingerprint density at radius 3 is 2.41 bits per heavy atom. The van der Waals surface area contributed by atoms with E-state index in [2.05, 4.69) is 20.3 Å². The number of anilines is 1. The number of rotatable bonds is 4. The first-order valence-electron chi connectivity index (χ1n) is 5.50. The second-order valence-electron chi connectivity index (χ2n) is 3.69. The van der Waals surface area contributed by atoms with Crippen molar-refractivity contribution >= 4 is 5.95 Å². The van der Waals surface area contributed by atoms with Gasteiger partial charge in [-0.1, -0.05) is 0 Å². The van der Waals surface area contributed by atoms with Crippen molar-refractivity contribution in [2.24, 2.45) is 0 Å². The lowest BCUT2D eigenvalue weighted by Crippen LogP contribution is -2.30. The molecule has 1 aromatic heterocycles. The van der Waals surface area contributed by atoms with Crippen molar-refractivity contribution in [2.75, 3.05) is 32.8 Å². The molecular formula is C10H16N4O3. The Kier molecular flexibility index (Phi) is 3.92. The Bertz CT molecular complexity index is 346. The van der Waals surface area contributed by atoms with E-state index in [0.29, 0.717) is 12.6 Å². The van der Waals surface area contributed by atoms with Gasteiger partial charge >= 0.3 is 12.0 Å². The van der Waals surface area contributed by atoms with E-state index in [1.165, 1.54) is 14.2 Å². The summed E-state index contributed by atoms with van der Waals surface area (Å²) < 4.78 is 15.3. The fourth-order valence-electron chi connectivity index (χ4n) is 1.62. The highest BCUT2D eigenvalue weighted by Crippen LogP contribution is 2.15. The van der Waals surface area contributed by atoms with Crippen LogP contribution < -0.4 is 14.8 Å². The van der Waals surface area contributed by atoms with Crippen LogP contribution in [0.3, 0.4) is 0 Å². The van der Waals surface area contributed by atoms with Crippen LogP contribution in [0.2, 0.25) is 0 Å². The molecule has 1 saturated heterocycles. The normalized spacial score (nSPS) is 19.8. The monoisotopic (exact) mass is 240 g/mol. The summed E-state index contributed by atoms with van der Waals surface area (Å²) in [6.07, 6.45) is 2.08. The van der Waals surface area contributed by atoms with E-state index in [-0.39, 0.29) is 18.1 Å². The predicted octanol–water partition coefficient (Wildman–Crippen LogP) is 0.480. The van der Waals surface area contributed by atoms with Crippen LogP contribution in [0.4, 0.5) is 5.95 Å². The van der Waals surface area contributed by atoms with Gasteiger partial charge in [-0.3, -0.25) is 0 Å². The minimum absolute atomic E-state index is 0.223. The summed E-state index contributed by atoms with van der Waals surface area (Å²) in [6.45, 7) is 1.48. The number of aromatic nitrogens is 3. The standard InChI is InChI=1S/C10H16N4O3/c1-15-9-12-8(13-10(14-9)16-2)11-7-4-3-5-17-6-7/h7H,3-6H2,1-2H3,(H,11,12,13,14). The number of nitrogens with one attached hydrogen (secondary N) is 1. The molecule has 1 N–H and O–H groups in total. The van der Waals surface area contributed by atoms with Gasteiger partial charge in [-0.25, -0.2) is 0 Å². The van der Waals surface area contributed by atoms with Gasteiger partial charge in [-0.05, 0) is 12.8 Å². The van der Waals surface area contributed by atoms with Crippen LogP contribution in [0.25, 0.3) is 0 Å². The molecule has 1 fully saturated rings. The number of hydrogen-bond donors (Lipinski definition) is 1. The fourth-order valence-corrected chi connectivity index (χ4v) is 1.62. The summed E-state index contributed by atoms with van der Waals surface area (Å²) in [7, 11) is 3.00. The third-order valence-corrected chi connectivity index (χ3v) is 2.45. The molecule has 0 spiro atoms. The second kappa shape index (κ2) is 5.62. The lowest BCUT2D eigenvalue weighted by Gasteiger charge is -2.23. The topological polar surface area (TPSA) is 78.4 Å². The minimum Gasteiger partial charge on any atom is -0.467 e. The van der Waals surface area contributed by atoms with E-state index in [1.807, 2.05) is 0 Å². The van der Waals surface area contributed by atoms with E-state index < -0.39 is 0 Å². The number of ether oxygens (including phenoxy) is 3. The van der Waals surface area contributed by atoms with Crippen LogP contribution >= 0.6 is 0 Å². The van der Waals surface area contributed by atoms with Crippen LogP contribution in [-0.4, -0.2) is 48.4 Å². The quantitative estimate of drug-likeness (QED) is 0.820. The van der Waals surface area contributed by atoms with Gasteiger partial charge in [0.1, 0.15) is 0 Å². The lowest BCUT2D eigenvalue weighted by molar-refractivity contribution is 0.0873. The zero-order valence-corrected chi connectivity index (χ0v) is 9.97. The molecule has 0 saturated carbocycles. The molecule has 1 aliphatic rings. The third-order valence-electron chi connectivity index (χ3n) is 2.45. The molecule has 1 aromatic rings. The summed E-state index contributed by atoms with van der Waals surface area (Å²) in [5.41, 5.74) is 0. The second-order valence-corrected chi connectivity index (χ2v) is 3.69. The van der Waals surface area contributed by atoms with Crippen molar-refractivity contribution in [3.63, 3.8) is 0 Å². The zero-order chi connectivity index (χ0) is 12.1. The van der Waals surface area contributed by atoms with E-state index in [9.17, 15) is 0 Å². The van der Waals surface area contributed by atoms with Crippen LogP contribution in [0.15, 0.2) is 0 Å². The molecule has 0 amide bonds. The molecule has 2 heterocycles.